The van der Waals surface area contributed by atoms with Gasteiger partial charge in [0.1, 0.15) is 35.2 Å². The number of pyridine rings is 5. The first-order valence-corrected chi connectivity index (χ1v) is 49.0. The van der Waals surface area contributed by atoms with Gasteiger partial charge in [-0.15, -0.1) is 0 Å². The zero-order valence-corrected chi connectivity index (χ0v) is 83.9. The lowest BCUT2D eigenvalue weighted by Crippen LogP contribution is -2.32. The van der Waals surface area contributed by atoms with Crippen LogP contribution < -0.4 is 22.8 Å². The molecule has 0 aliphatic heterocycles. The summed E-state index contributed by atoms with van der Waals surface area (Å²) in [7, 11) is 10.8. The summed E-state index contributed by atoms with van der Waals surface area (Å²) < 4.78 is 11.3. The van der Waals surface area contributed by atoms with E-state index in [9.17, 15) is 0 Å². The summed E-state index contributed by atoms with van der Waals surface area (Å²) >= 11 is 0. The lowest BCUT2D eigenvalue weighted by atomic mass is 9.82. The van der Waals surface area contributed by atoms with Crippen molar-refractivity contribution in [3.63, 3.8) is 0 Å². The standard InChI is InChI=1S/C27H32N.C26H30N.C26H24N.C26H32N.C25H22N/c1-19-15-20(2)26(16-24(19)22-11-7-5-8-12-22)27-17-25(21(3)18-28(27)4)23-13-9-6-10-14-23;1-18-14-19(2)25(15-23(18)21-10-6-5-7-11-21)26-16-24(20(3)17-27(26)4)22-12-8-9-13-22;1-19-9-7-8-12-24(19)23-15-16-27(3)26(18-23)25-17-22(14-13-20(25)2)21-10-5-4-6-11-21;1-18-13-19(2)24(15-23(18)21-11-9-8-10-12-21)25-14-22(16-26(4,5)6)20(3)17-27(25)7;1-19-13-14-22(20-9-5-3-6-10-20)17-24(19)25-18-23(15-16-26(25)2)21-11-7-4-8-12-21/h5,7-8,11-12,15-18,23H,6,9-10,13-14H2,1-4H3;5-7,10-11,14-17,22H,8-9,12-13H2,1-4H3;4-18H,1-3H3;8-15,17H,16H2,1-7H3;3-18H,1-2H3/q5*+1. The molecule has 0 unspecified atom stereocenters. The zero-order valence-electron chi connectivity index (χ0n) is 83.9. The van der Waals surface area contributed by atoms with Crippen LogP contribution in [0.2, 0.25) is 0 Å². The van der Waals surface area contributed by atoms with Crippen molar-refractivity contribution in [2.45, 2.75) is 180 Å². The number of hydrogen-bond acceptors (Lipinski definition) is 0. The second-order valence-electron chi connectivity index (χ2n) is 39.7. The van der Waals surface area contributed by atoms with E-state index in [4.69, 9.17) is 0 Å². The first kappa shape index (κ1) is 96.0. The van der Waals surface area contributed by atoms with E-state index in [2.05, 4.69) is 514 Å². The molecule has 5 aromatic heterocycles. The Hall–Kier alpha value is -13.6. The van der Waals surface area contributed by atoms with Gasteiger partial charge in [0.2, 0.25) is 28.5 Å². The SMILES string of the molecule is Cc1c[n+](C)c(-c2cc(-c3ccccc3)c(C)cc2C)cc1CC(C)(C)C.Cc1cc(C)c(-c2cc(C3CCCC3)c(C)c[n+]2C)cc1-c1ccccc1.Cc1cc(C)c(-c2cc(C3CCCCC3)c(C)c[n+]2C)cc1-c1ccccc1.Cc1ccc(-c2ccccc2)cc1-c1cc(-c2ccccc2)cc[n+]1C.Cc1ccccc1-c1cc[n+](C)c(-c2cc(-c3ccccc3)ccc2C)c1. The third-order valence-corrected chi connectivity index (χ3v) is 28.1. The van der Waals surface area contributed by atoms with E-state index in [-0.39, 0.29) is 5.41 Å². The number of rotatable bonds is 15. The van der Waals surface area contributed by atoms with Gasteiger partial charge in [-0.05, 0) is 307 Å². The summed E-state index contributed by atoms with van der Waals surface area (Å²) in [5.74, 6) is 1.47. The average Bonchev–Trinajstić information content (AvgIpc) is 1.64. The number of benzene rings is 12. The molecule has 5 heterocycles. The minimum atomic E-state index is 0.277. The molecule has 2 fully saturated rings. The van der Waals surface area contributed by atoms with Crippen LogP contribution in [0.15, 0.2) is 353 Å². The smallest absolute Gasteiger partial charge is 0.201 e. The summed E-state index contributed by atoms with van der Waals surface area (Å²) in [5, 5.41) is 0. The number of hydrogen-bond donors (Lipinski definition) is 0. The van der Waals surface area contributed by atoms with E-state index in [0.29, 0.717) is 0 Å². The summed E-state index contributed by atoms with van der Waals surface area (Å²) in [6, 6.07) is 116. The molecule has 0 atom stereocenters. The lowest BCUT2D eigenvalue weighted by molar-refractivity contribution is -0.661. The molecule has 0 spiro atoms. The molecule has 2 saturated carbocycles. The monoisotopic (exact) mass is 1770 g/mol. The highest BCUT2D eigenvalue weighted by atomic mass is 14.9. The van der Waals surface area contributed by atoms with Gasteiger partial charge in [-0.1, -0.05) is 302 Å². The lowest BCUT2D eigenvalue weighted by Gasteiger charge is -2.23. The molecule has 19 rings (SSSR count). The van der Waals surface area contributed by atoms with Crippen LogP contribution in [-0.4, -0.2) is 0 Å². The molecule has 12 aromatic carbocycles. The van der Waals surface area contributed by atoms with Crippen LogP contribution in [0, 0.1) is 88.5 Å². The van der Waals surface area contributed by atoms with E-state index < -0.39 is 0 Å². The Morgan fingerprint density at radius 3 is 0.852 bits per heavy atom. The van der Waals surface area contributed by atoms with Crippen molar-refractivity contribution in [3.05, 3.63) is 436 Å². The highest BCUT2D eigenvalue weighted by molar-refractivity contribution is 5.82. The Kier molecular flexibility index (Phi) is 31.0. The molecule has 0 radical (unpaired) electrons. The molecule has 0 amide bonds. The summed E-state index contributed by atoms with van der Waals surface area (Å²) in [5.41, 5.74) is 51.8. The van der Waals surface area contributed by atoms with Crippen LogP contribution in [-0.2, 0) is 41.7 Å². The fourth-order valence-electron chi connectivity index (χ4n) is 20.7. The fourth-order valence-corrected chi connectivity index (χ4v) is 20.7. The second-order valence-corrected chi connectivity index (χ2v) is 39.7. The minimum Gasteiger partial charge on any atom is -0.201 e. The molecule has 0 N–H and O–H groups in total. The predicted molar refractivity (Wildman–Crippen MR) is 570 cm³/mol. The van der Waals surface area contributed by atoms with Crippen molar-refractivity contribution in [3.8, 4) is 134 Å². The minimum absolute atomic E-state index is 0.277. The van der Waals surface area contributed by atoms with E-state index in [1.807, 2.05) is 0 Å². The Morgan fingerprint density at radius 1 is 0.207 bits per heavy atom. The Labute approximate surface area is 808 Å². The van der Waals surface area contributed by atoms with Gasteiger partial charge in [0.15, 0.2) is 31.0 Å². The zero-order chi connectivity index (χ0) is 95.1. The first-order valence-electron chi connectivity index (χ1n) is 49.0. The number of aryl methyl sites for hydroxylation is 17. The van der Waals surface area contributed by atoms with E-state index in [0.717, 1.165) is 18.3 Å². The highest BCUT2D eigenvalue weighted by Gasteiger charge is 2.29. The molecule has 2 aliphatic carbocycles. The number of nitrogens with zero attached hydrogens (tertiary/aromatic N) is 5. The van der Waals surface area contributed by atoms with Gasteiger partial charge in [0.05, 0.1) is 0 Å². The van der Waals surface area contributed by atoms with E-state index >= 15 is 0 Å². The van der Waals surface area contributed by atoms with Gasteiger partial charge in [-0.2, -0.15) is 0 Å². The van der Waals surface area contributed by atoms with Crippen molar-refractivity contribution in [1.82, 2.24) is 0 Å². The summed E-state index contributed by atoms with van der Waals surface area (Å²) in [4.78, 5) is 0. The third kappa shape index (κ3) is 23.3. The Balaban J connectivity index is 0.000000128. The van der Waals surface area contributed by atoms with Gasteiger partial charge in [0.25, 0.3) is 0 Å². The number of aromatic nitrogens is 5. The van der Waals surface area contributed by atoms with Crippen LogP contribution in [0.4, 0.5) is 0 Å². The normalized spacial score (nSPS) is 12.6. The van der Waals surface area contributed by atoms with E-state index in [1.54, 1.807) is 11.1 Å². The van der Waals surface area contributed by atoms with Gasteiger partial charge in [-0.25, -0.2) is 22.8 Å². The molecular formula is C130H140N5+5. The molecule has 5 nitrogen and oxygen atoms in total. The van der Waals surface area contributed by atoms with Crippen molar-refractivity contribution < 1.29 is 22.8 Å². The molecule has 135 heavy (non-hydrogen) atoms. The molecule has 17 aromatic rings. The van der Waals surface area contributed by atoms with Crippen molar-refractivity contribution >= 4 is 0 Å². The molecule has 0 bridgehead atoms. The predicted octanol–water partition coefficient (Wildman–Crippen LogP) is 31.6. The molecule has 5 heteroatoms. The van der Waals surface area contributed by atoms with Crippen LogP contribution in [0.3, 0.4) is 0 Å². The van der Waals surface area contributed by atoms with E-state index in [1.165, 1.54) is 264 Å². The highest BCUT2D eigenvalue weighted by Crippen LogP contribution is 2.43. The van der Waals surface area contributed by atoms with Crippen molar-refractivity contribution in [1.29, 1.82) is 0 Å². The molecule has 0 saturated heterocycles. The maximum atomic E-state index is 2.48. The second kappa shape index (κ2) is 43.6. The van der Waals surface area contributed by atoms with Crippen LogP contribution in [0.5, 0.6) is 0 Å². The van der Waals surface area contributed by atoms with Gasteiger partial charge in [-0.3, -0.25) is 0 Å². The quantitative estimate of drug-likeness (QED) is 0.0912. The van der Waals surface area contributed by atoms with Crippen molar-refractivity contribution in [2.75, 3.05) is 0 Å². The largest absolute Gasteiger partial charge is 0.213 e. The average molecular weight is 1770 g/mol. The van der Waals surface area contributed by atoms with Gasteiger partial charge in [0, 0.05) is 87.0 Å². The Morgan fingerprint density at radius 2 is 0.489 bits per heavy atom. The first-order chi connectivity index (χ1) is 65.1. The van der Waals surface area contributed by atoms with Crippen LogP contribution >= 0.6 is 0 Å². The van der Waals surface area contributed by atoms with Gasteiger partial charge >= 0.3 is 0 Å². The molecule has 680 valence electrons. The summed E-state index contributed by atoms with van der Waals surface area (Å²) in [6.45, 7) is 33.6. The van der Waals surface area contributed by atoms with Crippen LogP contribution in [0.25, 0.3) is 134 Å². The molecule has 2 aliphatic rings. The third-order valence-electron chi connectivity index (χ3n) is 28.1. The molecular weight excluding hydrogens is 1630 g/mol. The summed E-state index contributed by atoms with van der Waals surface area (Å²) in [6.07, 6.45) is 24.6. The fraction of sp³-hybridized carbons (Fsp3) is 0.254. The van der Waals surface area contributed by atoms with Crippen molar-refractivity contribution in [2.24, 2.45) is 40.7 Å². The van der Waals surface area contributed by atoms with Gasteiger partial charge < -0.3 is 0 Å². The maximum absolute atomic E-state index is 2.48. The maximum Gasteiger partial charge on any atom is 0.213 e. The Bertz CT molecular complexity index is 6900. The van der Waals surface area contributed by atoms with Crippen LogP contribution in [0.1, 0.15) is 174 Å². The topological polar surface area (TPSA) is 19.4 Å².